The lowest BCUT2D eigenvalue weighted by Crippen LogP contribution is -2.32. The first kappa shape index (κ1) is 20.7. The molecule has 0 fully saturated rings. The monoisotopic (exact) mass is 415 g/mol. The fourth-order valence-electron chi connectivity index (χ4n) is 3.03. The molecule has 0 spiro atoms. The van der Waals surface area contributed by atoms with Gasteiger partial charge in [0.2, 0.25) is 15.9 Å². The SMILES string of the molecule is Cc1ccc(NC(=O)CCN2C(=O)c3ccccc3C2=O)cc1S(=O)(=O)N(C)C. The molecule has 0 aliphatic carbocycles. The van der Waals surface area contributed by atoms with Crippen LogP contribution in [0, 0.1) is 6.92 Å². The third-order valence-electron chi connectivity index (χ3n) is 4.67. The highest BCUT2D eigenvalue weighted by Gasteiger charge is 2.35. The van der Waals surface area contributed by atoms with Crippen molar-refractivity contribution in [3.8, 4) is 0 Å². The Kier molecular flexibility index (Phi) is 5.54. The van der Waals surface area contributed by atoms with Crippen LogP contribution in [0.1, 0.15) is 32.7 Å². The summed E-state index contributed by atoms with van der Waals surface area (Å²) in [5.74, 6) is -1.28. The molecular formula is C20H21N3O5S. The van der Waals surface area contributed by atoms with Gasteiger partial charge in [0, 0.05) is 32.7 Å². The number of rotatable bonds is 6. The van der Waals surface area contributed by atoms with Crippen LogP contribution in [0.3, 0.4) is 0 Å². The zero-order chi connectivity index (χ0) is 21.3. The van der Waals surface area contributed by atoms with Crippen LogP contribution in [-0.4, -0.2) is 56.0 Å². The highest BCUT2D eigenvalue weighted by atomic mass is 32.2. The van der Waals surface area contributed by atoms with Gasteiger partial charge in [0.25, 0.3) is 11.8 Å². The number of hydrogen-bond donors (Lipinski definition) is 1. The molecule has 0 unspecified atom stereocenters. The molecule has 8 nitrogen and oxygen atoms in total. The maximum atomic E-state index is 12.4. The van der Waals surface area contributed by atoms with Crippen LogP contribution in [-0.2, 0) is 14.8 Å². The zero-order valence-electron chi connectivity index (χ0n) is 16.3. The molecule has 1 N–H and O–H groups in total. The molecule has 1 aliphatic rings. The van der Waals surface area contributed by atoms with E-state index >= 15 is 0 Å². The number of hydrogen-bond acceptors (Lipinski definition) is 5. The van der Waals surface area contributed by atoms with Crippen LogP contribution >= 0.6 is 0 Å². The molecule has 0 atom stereocenters. The average Bonchev–Trinajstić information content (AvgIpc) is 2.92. The van der Waals surface area contributed by atoms with E-state index in [-0.39, 0.29) is 17.9 Å². The highest BCUT2D eigenvalue weighted by molar-refractivity contribution is 7.89. The Hall–Kier alpha value is -3.04. The van der Waals surface area contributed by atoms with E-state index in [4.69, 9.17) is 0 Å². The minimum atomic E-state index is -3.65. The van der Waals surface area contributed by atoms with Crippen LogP contribution < -0.4 is 5.32 Å². The first-order chi connectivity index (χ1) is 13.6. The fraction of sp³-hybridized carbons (Fsp3) is 0.250. The van der Waals surface area contributed by atoms with E-state index in [1.54, 1.807) is 43.3 Å². The highest BCUT2D eigenvalue weighted by Crippen LogP contribution is 2.24. The van der Waals surface area contributed by atoms with Crippen LogP contribution in [0.4, 0.5) is 5.69 Å². The Morgan fingerprint density at radius 2 is 1.62 bits per heavy atom. The molecule has 2 aromatic carbocycles. The average molecular weight is 415 g/mol. The summed E-state index contributed by atoms with van der Waals surface area (Å²) in [6, 6.07) is 11.1. The Morgan fingerprint density at radius 1 is 1.03 bits per heavy atom. The Morgan fingerprint density at radius 3 is 2.17 bits per heavy atom. The van der Waals surface area contributed by atoms with Gasteiger partial charge in [-0.1, -0.05) is 18.2 Å². The smallest absolute Gasteiger partial charge is 0.261 e. The maximum absolute atomic E-state index is 12.4. The van der Waals surface area contributed by atoms with Crippen molar-refractivity contribution in [3.05, 3.63) is 59.2 Å². The molecule has 0 saturated carbocycles. The fourth-order valence-corrected chi connectivity index (χ4v) is 4.18. The second kappa shape index (κ2) is 7.76. The van der Waals surface area contributed by atoms with Gasteiger partial charge in [-0.3, -0.25) is 19.3 Å². The van der Waals surface area contributed by atoms with Crippen molar-refractivity contribution in [1.82, 2.24) is 9.21 Å². The number of carbonyl (C=O) groups is 3. The topological polar surface area (TPSA) is 104 Å². The van der Waals surface area contributed by atoms with E-state index in [0.29, 0.717) is 22.4 Å². The number of fused-ring (bicyclic) bond motifs is 1. The van der Waals surface area contributed by atoms with Crippen molar-refractivity contribution in [2.75, 3.05) is 26.0 Å². The van der Waals surface area contributed by atoms with Crippen LogP contribution in [0.2, 0.25) is 0 Å². The van der Waals surface area contributed by atoms with E-state index < -0.39 is 27.7 Å². The summed E-state index contributed by atoms with van der Waals surface area (Å²) in [4.78, 5) is 38.1. The van der Waals surface area contributed by atoms with Crippen molar-refractivity contribution in [2.45, 2.75) is 18.2 Å². The van der Waals surface area contributed by atoms with Crippen molar-refractivity contribution in [1.29, 1.82) is 0 Å². The van der Waals surface area contributed by atoms with Crippen molar-refractivity contribution in [3.63, 3.8) is 0 Å². The molecule has 152 valence electrons. The van der Waals surface area contributed by atoms with Gasteiger partial charge in [-0.05, 0) is 36.8 Å². The van der Waals surface area contributed by atoms with Crippen molar-refractivity contribution in [2.24, 2.45) is 0 Å². The standard InChI is InChI=1S/C20H21N3O5S/c1-13-8-9-14(12-17(13)29(27,28)22(2)3)21-18(24)10-11-23-19(25)15-6-4-5-7-16(15)20(23)26/h4-9,12H,10-11H2,1-3H3,(H,21,24). The molecule has 0 saturated heterocycles. The molecule has 3 amide bonds. The van der Waals surface area contributed by atoms with Gasteiger partial charge in [-0.25, -0.2) is 12.7 Å². The number of nitrogens with zero attached hydrogens (tertiary/aromatic N) is 2. The molecule has 1 heterocycles. The van der Waals surface area contributed by atoms with E-state index in [1.807, 2.05) is 0 Å². The molecule has 0 aromatic heterocycles. The summed E-state index contributed by atoms with van der Waals surface area (Å²) in [7, 11) is -0.787. The Bertz CT molecular complexity index is 1070. The van der Waals surface area contributed by atoms with Crippen LogP contribution in [0.25, 0.3) is 0 Å². The number of benzene rings is 2. The Balaban J connectivity index is 1.68. The molecular weight excluding hydrogens is 394 g/mol. The zero-order valence-corrected chi connectivity index (χ0v) is 17.1. The maximum Gasteiger partial charge on any atom is 0.261 e. The predicted molar refractivity (Wildman–Crippen MR) is 107 cm³/mol. The lowest BCUT2D eigenvalue weighted by Gasteiger charge is -2.16. The summed E-state index contributed by atoms with van der Waals surface area (Å²) in [6.45, 7) is 1.61. The number of amides is 3. The first-order valence-corrected chi connectivity index (χ1v) is 10.3. The second-order valence-corrected chi connectivity index (χ2v) is 8.99. The van der Waals surface area contributed by atoms with E-state index in [0.717, 1.165) is 9.21 Å². The van der Waals surface area contributed by atoms with E-state index in [1.165, 1.54) is 20.2 Å². The molecule has 1 aliphatic heterocycles. The summed E-state index contributed by atoms with van der Waals surface area (Å²) < 4.78 is 25.9. The second-order valence-electron chi connectivity index (χ2n) is 6.87. The third kappa shape index (κ3) is 3.92. The largest absolute Gasteiger partial charge is 0.326 e. The number of sulfonamides is 1. The minimum Gasteiger partial charge on any atom is -0.326 e. The molecule has 29 heavy (non-hydrogen) atoms. The van der Waals surface area contributed by atoms with Gasteiger partial charge in [-0.2, -0.15) is 0 Å². The molecule has 0 bridgehead atoms. The van der Waals surface area contributed by atoms with E-state index in [9.17, 15) is 22.8 Å². The first-order valence-electron chi connectivity index (χ1n) is 8.91. The number of imide groups is 1. The summed E-state index contributed by atoms with van der Waals surface area (Å²) >= 11 is 0. The van der Waals surface area contributed by atoms with Crippen molar-refractivity contribution < 1.29 is 22.8 Å². The predicted octanol–water partition coefficient (Wildman–Crippen LogP) is 1.87. The van der Waals surface area contributed by atoms with Gasteiger partial charge < -0.3 is 5.32 Å². The molecule has 3 rings (SSSR count). The number of anilines is 1. The molecule has 2 aromatic rings. The van der Waals surface area contributed by atoms with Crippen molar-refractivity contribution >= 4 is 33.4 Å². The molecule has 0 radical (unpaired) electrons. The normalized spacial score (nSPS) is 13.7. The minimum absolute atomic E-state index is 0.0626. The van der Waals surface area contributed by atoms with Crippen LogP contribution in [0.5, 0.6) is 0 Å². The number of nitrogens with one attached hydrogen (secondary N) is 1. The van der Waals surface area contributed by atoms with Gasteiger partial charge in [-0.15, -0.1) is 0 Å². The third-order valence-corrected chi connectivity index (χ3v) is 6.63. The molecule has 9 heteroatoms. The van der Waals surface area contributed by atoms with Crippen LogP contribution in [0.15, 0.2) is 47.4 Å². The quantitative estimate of drug-likeness (QED) is 0.726. The van der Waals surface area contributed by atoms with Gasteiger partial charge in [0.15, 0.2) is 0 Å². The summed E-state index contributed by atoms with van der Waals surface area (Å²) in [6.07, 6.45) is -0.102. The van der Waals surface area contributed by atoms with Gasteiger partial charge in [0.05, 0.1) is 16.0 Å². The lowest BCUT2D eigenvalue weighted by atomic mass is 10.1. The van der Waals surface area contributed by atoms with Gasteiger partial charge in [0.1, 0.15) is 0 Å². The number of aryl methyl sites for hydroxylation is 1. The van der Waals surface area contributed by atoms with Gasteiger partial charge >= 0.3 is 0 Å². The number of carbonyl (C=O) groups excluding carboxylic acids is 3. The lowest BCUT2D eigenvalue weighted by molar-refractivity contribution is -0.116. The Labute approximate surface area is 169 Å². The summed E-state index contributed by atoms with van der Waals surface area (Å²) in [5.41, 5.74) is 1.54. The summed E-state index contributed by atoms with van der Waals surface area (Å²) in [5, 5.41) is 2.62. The van der Waals surface area contributed by atoms with E-state index in [2.05, 4.69) is 5.32 Å².